The van der Waals surface area contributed by atoms with Crippen LogP contribution in [0.3, 0.4) is 0 Å². The molecule has 1 fully saturated rings. The van der Waals surface area contributed by atoms with Crippen molar-refractivity contribution >= 4 is 0 Å². The largest absolute Gasteiger partial charge is 0.395 e. The molecule has 0 spiro atoms. The third kappa shape index (κ3) is 2.43. The van der Waals surface area contributed by atoms with Crippen LogP contribution in [-0.4, -0.2) is 42.3 Å². The van der Waals surface area contributed by atoms with Crippen LogP contribution in [0.1, 0.15) is 19.3 Å². The molecule has 1 heterocycles. The number of nitrogens with two attached hydrogens (primary N) is 1. The second kappa shape index (κ2) is 4.70. The molecule has 1 aliphatic rings. The number of aliphatic hydroxyl groups is 1. The van der Waals surface area contributed by atoms with Gasteiger partial charge < -0.3 is 10.8 Å². The summed E-state index contributed by atoms with van der Waals surface area (Å²) in [5, 5.41) is 9.01. The summed E-state index contributed by atoms with van der Waals surface area (Å²) in [5.74, 6) is 0. The molecule has 0 aromatic rings. The molecule has 0 saturated carbocycles. The van der Waals surface area contributed by atoms with Crippen molar-refractivity contribution in [2.24, 2.45) is 5.73 Å². The van der Waals surface area contributed by atoms with E-state index < -0.39 is 0 Å². The predicted molar refractivity (Wildman–Crippen MR) is 45.4 cm³/mol. The van der Waals surface area contributed by atoms with Crippen molar-refractivity contribution in [3.63, 3.8) is 0 Å². The zero-order chi connectivity index (χ0) is 8.10. The molecule has 3 heteroatoms. The fourth-order valence-electron chi connectivity index (χ4n) is 1.73. The van der Waals surface area contributed by atoms with Crippen LogP contribution in [-0.2, 0) is 0 Å². The monoisotopic (exact) mass is 158 g/mol. The summed E-state index contributed by atoms with van der Waals surface area (Å²) in [4.78, 5) is 2.30. The molecule has 0 aromatic heterocycles. The molecule has 0 unspecified atom stereocenters. The highest BCUT2D eigenvalue weighted by Crippen LogP contribution is 2.15. The molecular formula is C8H18N2O. The summed E-state index contributed by atoms with van der Waals surface area (Å²) in [6, 6.07) is 0.382. The van der Waals surface area contributed by atoms with Gasteiger partial charge in [0.15, 0.2) is 0 Å². The molecule has 1 atom stereocenters. The van der Waals surface area contributed by atoms with Gasteiger partial charge in [0.05, 0.1) is 6.61 Å². The minimum atomic E-state index is 0.292. The zero-order valence-electron chi connectivity index (χ0n) is 7.00. The van der Waals surface area contributed by atoms with E-state index in [1.807, 2.05) is 0 Å². The van der Waals surface area contributed by atoms with Gasteiger partial charge in [-0.2, -0.15) is 0 Å². The summed E-state index contributed by atoms with van der Waals surface area (Å²) in [6.45, 7) is 3.05. The fraction of sp³-hybridized carbons (Fsp3) is 1.00. The Morgan fingerprint density at radius 2 is 2.27 bits per heavy atom. The number of hydrogen-bond donors (Lipinski definition) is 2. The van der Waals surface area contributed by atoms with Crippen LogP contribution in [0.4, 0.5) is 0 Å². The van der Waals surface area contributed by atoms with Crippen molar-refractivity contribution in [3.05, 3.63) is 0 Å². The van der Waals surface area contributed by atoms with E-state index in [-0.39, 0.29) is 0 Å². The van der Waals surface area contributed by atoms with Crippen LogP contribution in [0, 0.1) is 0 Å². The van der Waals surface area contributed by atoms with Gasteiger partial charge in [0.25, 0.3) is 0 Å². The van der Waals surface area contributed by atoms with E-state index in [1.165, 1.54) is 12.8 Å². The van der Waals surface area contributed by atoms with Gasteiger partial charge in [-0.1, -0.05) is 6.42 Å². The lowest BCUT2D eigenvalue weighted by Gasteiger charge is -2.34. The van der Waals surface area contributed by atoms with Crippen LogP contribution in [0.2, 0.25) is 0 Å². The summed E-state index contributed by atoms with van der Waals surface area (Å²) in [5.41, 5.74) is 5.45. The van der Waals surface area contributed by atoms with Crippen LogP contribution in [0.5, 0.6) is 0 Å². The first-order chi connectivity index (χ1) is 5.38. The number of likely N-dealkylation sites (tertiary alicyclic amines) is 1. The Labute approximate surface area is 68.2 Å². The quantitative estimate of drug-likeness (QED) is 0.597. The molecule has 3 N–H and O–H groups in total. The van der Waals surface area contributed by atoms with Gasteiger partial charge in [0.1, 0.15) is 0 Å². The maximum atomic E-state index is 9.01. The van der Waals surface area contributed by atoms with E-state index >= 15 is 0 Å². The Hall–Kier alpha value is -0.120. The number of rotatable bonds is 3. The lowest BCUT2D eigenvalue weighted by Crippen LogP contribution is -2.44. The highest BCUT2D eigenvalue weighted by Gasteiger charge is 2.19. The lowest BCUT2D eigenvalue weighted by atomic mass is 10.0. The van der Waals surface area contributed by atoms with Gasteiger partial charge in [0.2, 0.25) is 0 Å². The second-order valence-electron chi connectivity index (χ2n) is 3.16. The third-order valence-corrected chi connectivity index (χ3v) is 2.38. The molecule has 0 aliphatic carbocycles. The van der Waals surface area contributed by atoms with Gasteiger partial charge in [-0.3, -0.25) is 4.90 Å². The van der Waals surface area contributed by atoms with Gasteiger partial charge in [-0.15, -0.1) is 0 Å². The van der Waals surface area contributed by atoms with Gasteiger partial charge >= 0.3 is 0 Å². The Kier molecular flexibility index (Phi) is 3.83. The molecule has 0 aromatic carbocycles. The molecular weight excluding hydrogens is 140 g/mol. The minimum absolute atomic E-state index is 0.292. The SMILES string of the molecule is NCCN1CCCC[C@@H]1CO. The van der Waals surface area contributed by atoms with Crippen molar-refractivity contribution in [2.75, 3.05) is 26.2 Å². The maximum Gasteiger partial charge on any atom is 0.0586 e. The molecule has 66 valence electrons. The van der Waals surface area contributed by atoms with Crippen molar-refractivity contribution in [3.8, 4) is 0 Å². The van der Waals surface area contributed by atoms with Crippen LogP contribution < -0.4 is 5.73 Å². The van der Waals surface area contributed by atoms with Crippen molar-refractivity contribution in [2.45, 2.75) is 25.3 Å². The summed E-state index contributed by atoms with van der Waals surface area (Å²) >= 11 is 0. The molecule has 0 amide bonds. The van der Waals surface area contributed by atoms with Gasteiger partial charge in [-0.25, -0.2) is 0 Å². The number of aliphatic hydroxyl groups excluding tert-OH is 1. The van der Waals surface area contributed by atoms with Crippen molar-refractivity contribution in [1.82, 2.24) is 4.90 Å². The number of piperidine rings is 1. The Balaban J connectivity index is 2.31. The summed E-state index contributed by atoms with van der Waals surface area (Å²) in [6.07, 6.45) is 3.65. The molecule has 1 rings (SSSR count). The predicted octanol–water partition coefficient (Wildman–Crippen LogP) is -0.208. The average molecular weight is 158 g/mol. The maximum absolute atomic E-state index is 9.01. The highest BCUT2D eigenvalue weighted by atomic mass is 16.3. The van der Waals surface area contributed by atoms with Gasteiger partial charge in [0, 0.05) is 19.1 Å². The van der Waals surface area contributed by atoms with E-state index in [9.17, 15) is 0 Å². The zero-order valence-corrected chi connectivity index (χ0v) is 7.00. The second-order valence-corrected chi connectivity index (χ2v) is 3.16. The fourth-order valence-corrected chi connectivity index (χ4v) is 1.73. The average Bonchev–Trinajstić information content (AvgIpc) is 2.06. The first kappa shape index (κ1) is 8.97. The molecule has 1 aliphatic heterocycles. The van der Waals surface area contributed by atoms with E-state index in [2.05, 4.69) is 4.90 Å². The summed E-state index contributed by atoms with van der Waals surface area (Å²) in [7, 11) is 0. The van der Waals surface area contributed by atoms with E-state index in [4.69, 9.17) is 10.8 Å². The smallest absolute Gasteiger partial charge is 0.0586 e. The summed E-state index contributed by atoms with van der Waals surface area (Å²) < 4.78 is 0. The van der Waals surface area contributed by atoms with Crippen molar-refractivity contribution in [1.29, 1.82) is 0 Å². The normalized spacial score (nSPS) is 27.3. The topological polar surface area (TPSA) is 49.5 Å². The minimum Gasteiger partial charge on any atom is -0.395 e. The molecule has 0 radical (unpaired) electrons. The Bertz CT molecular complexity index is 106. The molecule has 11 heavy (non-hydrogen) atoms. The molecule has 1 saturated heterocycles. The highest BCUT2D eigenvalue weighted by molar-refractivity contribution is 4.75. The van der Waals surface area contributed by atoms with E-state index in [0.29, 0.717) is 19.2 Å². The Morgan fingerprint density at radius 3 is 2.91 bits per heavy atom. The first-order valence-electron chi connectivity index (χ1n) is 4.43. The van der Waals surface area contributed by atoms with Crippen molar-refractivity contribution < 1.29 is 5.11 Å². The van der Waals surface area contributed by atoms with E-state index in [1.54, 1.807) is 0 Å². The number of nitrogens with zero attached hydrogens (tertiary/aromatic N) is 1. The van der Waals surface area contributed by atoms with Gasteiger partial charge in [-0.05, 0) is 19.4 Å². The number of hydrogen-bond acceptors (Lipinski definition) is 3. The Morgan fingerprint density at radius 1 is 1.45 bits per heavy atom. The van der Waals surface area contributed by atoms with Crippen LogP contribution >= 0.6 is 0 Å². The van der Waals surface area contributed by atoms with Crippen LogP contribution in [0.15, 0.2) is 0 Å². The molecule has 0 bridgehead atoms. The third-order valence-electron chi connectivity index (χ3n) is 2.38. The van der Waals surface area contributed by atoms with Crippen LogP contribution in [0.25, 0.3) is 0 Å². The standard InChI is InChI=1S/C8H18N2O/c9-4-6-10-5-2-1-3-8(10)7-11/h8,11H,1-7,9H2/t8-/m1/s1. The van der Waals surface area contributed by atoms with E-state index in [0.717, 1.165) is 19.5 Å². The molecule has 3 nitrogen and oxygen atoms in total. The lowest BCUT2D eigenvalue weighted by molar-refractivity contribution is 0.0931. The first-order valence-corrected chi connectivity index (χ1v) is 4.43.